The number of hydrogen-bond acceptors (Lipinski definition) is 2. The zero-order chi connectivity index (χ0) is 16.7. The lowest BCUT2D eigenvalue weighted by molar-refractivity contribution is 0.0953. The molecule has 2 N–H and O–H groups in total. The molecule has 0 aliphatic rings. The third kappa shape index (κ3) is 5.11. The van der Waals surface area contributed by atoms with Crippen molar-refractivity contribution in [1.82, 2.24) is 5.32 Å². The van der Waals surface area contributed by atoms with Gasteiger partial charge in [-0.3, -0.25) is 9.59 Å². The number of carbonyl (C=O) groups is 2. The van der Waals surface area contributed by atoms with Gasteiger partial charge in [0.25, 0.3) is 11.8 Å². The zero-order valence-corrected chi connectivity index (χ0v) is 13.7. The molecule has 2 aromatic carbocycles. The van der Waals surface area contributed by atoms with Crippen LogP contribution in [0.25, 0.3) is 0 Å². The number of nitrogens with one attached hydrogen (secondary N) is 2. The molecule has 0 fully saturated rings. The number of carbonyl (C=O) groups excluding carboxylic acids is 2. The van der Waals surface area contributed by atoms with Gasteiger partial charge in [-0.2, -0.15) is 0 Å². The standard InChI is InChI=1S/C18H19ClN2O2/c1-2-3-10-20-17(22)13-6-4-7-14(11-13)18(23)21-16-9-5-8-15(19)12-16/h4-9,11-12H,2-3,10H2,1H3,(H,20,22)(H,21,23). The Labute approximate surface area is 140 Å². The minimum Gasteiger partial charge on any atom is -0.352 e. The van der Waals surface area contributed by atoms with Crippen LogP contribution in [0.2, 0.25) is 5.02 Å². The Hall–Kier alpha value is -2.33. The summed E-state index contributed by atoms with van der Waals surface area (Å²) >= 11 is 5.90. The molecule has 0 saturated carbocycles. The average molecular weight is 331 g/mol. The van der Waals surface area contributed by atoms with E-state index in [1.807, 2.05) is 0 Å². The minimum atomic E-state index is -0.282. The van der Waals surface area contributed by atoms with Crippen molar-refractivity contribution < 1.29 is 9.59 Å². The number of rotatable bonds is 6. The van der Waals surface area contributed by atoms with Crippen LogP contribution in [0, 0.1) is 0 Å². The molecule has 0 aliphatic heterocycles. The summed E-state index contributed by atoms with van der Waals surface area (Å²) in [5, 5.41) is 6.15. The zero-order valence-electron chi connectivity index (χ0n) is 12.9. The molecule has 2 aromatic rings. The van der Waals surface area contributed by atoms with Crippen molar-refractivity contribution in [2.24, 2.45) is 0 Å². The first kappa shape index (κ1) is 17.0. The van der Waals surface area contributed by atoms with Crippen LogP contribution in [-0.2, 0) is 0 Å². The van der Waals surface area contributed by atoms with Crippen LogP contribution in [0.4, 0.5) is 5.69 Å². The van der Waals surface area contributed by atoms with Gasteiger partial charge in [0.1, 0.15) is 0 Å². The van der Waals surface area contributed by atoms with Gasteiger partial charge in [-0.25, -0.2) is 0 Å². The normalized spacial score (nSPS) is 10.2. The fourth-order valence-electron chi connectivity index (χ4n) is 2.05. The molecule has 0 spiro atoms. The summed E-state index contributed by atoms with van der Waals surface area (Å²) in [6.45, 7) is 2.70. The lowest BCUT2D eigenvalue weighted by Gasteiger charge is -2.08. The van der Waals surface area contributed by atoms with Crippen LogP contribution in [0.3, 0.4) is 0 Å². The van der Waals surface area contributed by atoms with E-state index in [9.17, 15) is 9.59 Å². The molecule has 0 bridgehead atoms. The van der Waals surface area contributed by atoms with Crippen molar-refractivity contribution in [3.8, 4) is 0 Å². The van der Waals surface area contributed by atoms with E-state index in [1.54, 1.807) is 48.5 Å². The van der Waals surface area contributed by atoms with Crippen molar-refractivity contribution >= 4 is 29.1 Å². The van der Waals surface area contributed by atoms with Crippen molar-refractivity contribution in [2.45, 2.75) is 19.8 Å². The fraction of sp³-hybridized carbons (Fsp3) is 0.222. The lowest BCUT2D eigenvalue weighted by atomic mass is 10.1. The Morgan fingerprint density at radius 2 is 1.70 bits per heavy atom. The van der Waals surface area contributed by atoms with Crippen LogP contribution >= 0.6 is 11.6 Å². The molecule has 120 valence electrons. The summed E-state index contributed by atoms with van der Waals surface area (Å²) in [7, 11) is 0. The summed E-state index contributed by atoms with van der Waals surface area (Å²) < 4.78 is 0. The molecule has 0 unspecified atom stereocenters. The highest BCUT2D eigenvalue weighted by molar-refractivity contribution is 6.31. The van der Waals surface area contributed by atoms with Crippen LogP contribution < -0.4 is 10.6 Å². The second-order valence-electron chi connectivity index (χ2n) is 5.15. The van der Waals surface area contributed by atoms with Crippen molar-refractivity contribution in [1.29, 1.82) is 0 Å². The second kappa shape index (κ2) is 8.34. The predicted molar refractivity (Wildman–Crippen MR) is 93.1 cm³/mol. The van der Waals surface area contributed by atoms with Gasteiger partial charge in [-0.05, 0) is 42.8 Å². The highest BCUT2D eigenvalue weighted by Gasteiger charge is 2.10. The van der Waals surface area contributed by atoms with E-state index in [2.05, 4.69) is 17.6 Å². The highest BCUT2D eigenvalue weighted by atomic mass is 35.5. The molecule has 0 saturated heterocycles. The maximum Gasteiger partial charge on any atom is 0.255 e. The lowest BCUT2D eigenvalue weighted by Crippen LogP contribution is -2.24. The SMILES string of the molecule is CCCCNC(=O)c1cccc(C(=O)Nc2cccc(Cl)c2)c1. The highest BCUT2D eigenvalue weighted by Crippen LogP contribution is 2.16. The van der Waals surface area contributed by atoms with Gasteiger partial charge in [0.05, 0.1) is 0 Å². The average Bonchev–Trinajstić information content (AvgIpc) is 2.55. The van der Waals surface area contributed by atoms with Crippen molar-refractivity contribution in [3.05, 3.63) is 64.7 Å². The number of benzene rings is 2. The van der Waals surface area contributed by atoms with Gasteiger partial charge in [-0.15, -0.1) is 0 Å². The first-order chi connectivity index (χ1) is 11.1. The summed E-state index contributed by atoms with van der Waals surface area (Å²) in [4.78, 5) is 24.3. The number of unbranched alkanes of at least 4 members (excludes halogenated alkanes) is 1. The molecule has 2 amide bonds. The molecule has 0 atom stereocenters. The molecule has 4 nitrogen and oxygen atoms in total. The number of amides is 2. The molecule has 23 heavy (non-hydrogen) atoms. The quantitative estimate of drug-likeness (QED) is 0.783. The van der Waals surface area contributed by atoms with Crippen LogP contribution in [-0.4, -0.2) is 18.4 Å². The summed E-state index contributed by atoms with van der Waals surface area (Å²) in [6.07, 6.45) is 1.95. The Balaban J connectivity index is 2.06. The molecule has 0 aliphatic carbocycles. The van der Waals surface area contributed by atoms with E-state index in [0.29, 0.717) is 28.4 Å². The Kier molecular flexibility index (Phi) is 6.18. The van der Waals surface area contributed by atoms with Gasteiger partial charge < -0.3 is 10.6 Å². The van der Waals surface area contributed by atoms with E-state index in [1.165, 1.54) is 0 Å². The van der Waals surface area contributed by atoms with E-state index >= 15 is 0 Å². The van der Waals surface area contributed by atoms with Gasteiger partial charge in [-0.1, -0.05) is 37.1 Å². The maximum atomic E-state index is 12.3. The number of anilines is 1. The molecule has 5 heteroatoms. The molecule has 0 aromatic heterocycles. The van der Waals surface area contributed by atoms with Crippen LogP contribution in [0.15, 0.2) is 48.5 Å². The van der Waals surface area contributed by atoms with Crippen LogP contribution in [0.1, 0.15) is 40.5 Å². The smallest absolute Gasteiger partial charge is 0.255 e. The van der Waals surface area contributed by atoms with Crippen molar-refractivity contribution in [3.63, 3.8) is 0 Å². The number of hydrogen-bond donors (Lipinski definition) is 2. The first-order valence-electron chi connectivity index (χ1n) is 7.55. The Morgan fingerprint density at radius 1 is 1.00 bits per heavy atom. The third-order valence-electron chi connectivity index (χ3n) is 3.29. The van der Waals surface area contributed by atoms with E-state index < -0.39 is 0 Å². The van der Waals surface area contributed by atoms with Gasteiger partial charge in [0, 0.05) is 28.4 Å². The summed E-state index contributed by atoms with van der Waals surface area (Å²) in [6, 6.07) is 13.6. The maximum absolute atomic E-state index is 12.3. The molecule has 0 heterocycles. The van der Waals surface area contributed by atoms with Crippen LogP contribution in [0.5, 0.6) is 0 Å². The minimum absolute atomic E-state index is 0.171. The largest absolute Gasteiger partial charge is 0.352 e. The van der Waals surface area contributed by atoms with E-state index in [4.69, 9.17) is 11.6 Å². The van der Waals surface area contributed by atoms with E-state index in [0.717, 1.165) is 12.8 Å². The monoisotopic (exact) mass is 330 g/mol. The Morgan fingerprint density at radius 3 is 2.39 bits per heavy atom. The Bertz CT molecular complexity index is 701. The molecule has 0 radical (unpaired) electrons. The third-order valence-corrected chi connectivity index (χ3v) is 3.52. The van der Waals surface area contributed by atoms with Crippen molar-refractivity contribution in [2.75, 3.05) is 11.9 Å². The van der Waals surface area contributed by atoms with Gasteiger partial charge >= 0.3 is 0 Å². The summed E-state index contributed by atoms with van der Waals surface area (Å²) in [5.41, 5.74) is 1.51. The molecular formula is C18H19ClN2O2. The molecule has 2 rings (SSSR count). The number of halogens is 1. The van der Waals surface area contributed by atoms with Gasteiger partial charge in [0.2, 0.25) is 0 Å². The predicted octanol–water partition coefficient (Wildman–Crippen LogP) is 4.12. The second-order valence-corrected chi connectivity index (χ2v) is 5.59. The fourth-order valence-corrected chi connectivity index (χ4v) is 2.24. The van der Waals surface area contributed by atoms with E-state index in [-0.39, 0.29) is 11.8 Å². The topological polar surface area (TPSA) is 58.2 Å². The summed E-state index contributed by atoms with van der Waals surface area (Å²) in [5.74, 6) is -0.452. The van der Waals surface area contributed by atoms with Gasteiger partial charge in [0.15, 0.2) is 0 Å². The first-order valence-corrected chi connectivity index (χ1v) is 7.93. The molecular weight excluding hydrogens is 312 g/mol.